The van der Waals surface area contributed by atoms with E-state index in [0.29, 0.717) is 13.2 Å². The number of rotatable bonds is 5. The minimum atomic E-state index is -3.18. The van der Waals surface area contributed by atoms with Crippen LogP contribution >= 0.6 is 0 Å². The molecule has 24 heavy (non-hydrogen) atoms. The number of nitrogens with zero attached hydrogens (tertiary/aromatic N) is 2. The molecule has 1 aromatic heterocycles. The van der Waals surface area contributed by atoms with E-state index < -0.39 is 10.0 Å². The maximum absolute atomic E-state index is 12.1. The summed E-state index contributed by atoms with van der Waals surface area (Å²) in [5.74, 6) is 1.95. The van der Waals surface area contributed by atoms with Crippen LogP contribution < -0.4 is 0 Å². The smallest absolute Gasteiger partial charge is 0.211 e. The highest BCUT2D eigenvalue weighted by molar-refractivity contribution is 7.88. The summed E-state index contributed by atoms with van der Waals surface area (Å²) in [6.07, 6.45) is 4.27. The van der Waals surface area contributed by atoms with E-state index in [0.717, 1.165) is 50.4 Å². The van der Waals surface area contributed by atoms with Crippen LogP contribution in [0.5, 0.6) is 0 Å². The Bertz CT molecular complexity index is 662. The molecule has 1 atom stereocenters. The highest BCUT2D eigenvalue weighted by Crippen LogP contribution is 2.44. The van der Waals surface area contributed by atoms with Crippen molar-refractivity contribution in [1.29, 1.82) is 0 Å². The Balaban J connectivity index is 1.62. The van der Waals surface area contributed by atoms with Gasteiger partial charge in [-0.05, 0) is 56.8 Å². The first-order chi connectivity index (χ1) is 11.3. The largest absolute Gasteiger partial charge is 0.465 e. The van der Waals surface area contributed by atoms with Crippen LogP contribution in [0, 0.1) is 12.3 Å². The predicted octanol–water partition coefficient (Wildman–Crippen LogP) is 1.85. The molecule has 3 rings (SSSR count). The lowest BCUT2D eigenvalue weighted by Crippen LogP contribution is -2.42. The maximum Gasteiger partial charge on any atom is 0.211 e. The summed E-state index contributed by atoms with van der Waals surface area (Å²) >= 11 is 0. The van der Waals surface area contributed by atoms with Gasteiger partial charge in [0, 0.05) is 19.7 Å². The van der Waals surface area contributed by atoms with Gasteiger partial charge in [0.1, 0.15) is 11.5 Å². The van der Waals surface area contributed by atoms with E-state index in [-0.39, 0.29) is 11.5 Å². The number of hydrogen-bond donors (Lipinski definition) is 0. The second-order valence-corrected chi connectivity index (χ2v) is 9.35. The van der Waals surface area contributed by atoms with Crippen LogP contribution in [0.1, 0.15) is 30.8 Å². The predicted molar refractivity (Wildman–Crippen MR) is 92.2 cm³/mol. The van der Waals surface area contributed by atoms with Crippen molar-refractivity contribution in [1.82, 2.24) is 9.21 Å². The van der Waals surface area contributed by atoms with Gasteiger partial charge in [-0.2, -0.15) is 4.31 Å². The molecule has 2 saturated heterocycles. The van der Waals surface area contributed by atoms with Crippen molar-refractivity contribution in [2.45, 2.75) is 38.8 Å². The van der Waals surface area contributed by atoms with E-state index in [1.807, 2.05) is 19.1 Å². The molecule has 0 aliphatic carbocycles. The Morgan fingerprint density at radius 1 is 1.33 bits per heavy atom. The Kier molecular flexibility index (Phi) is 5.06. The Hall–Kier alpha value is -0.890. The minimum Gasteiger partial charge on any atom is -0.465 e. The summed E-state index contributed by atoms with van der Waals surface area (Å²) in [6, 6.07) is 4.01. The van der Waals surface area contributed by atoms with Crippen molar-refractivity contribution in [3.05, 3.63) is 23.7 Å². The quantitative estimate of drug-likeness (QED) is 0.806. The average Bonchev–Trinajstić information content (AvgIpc) is 3.06. The Morgan fingerprint density at radius 3 is 2.58 bits per heavy atom. The van der Waals surface area contributed by atoms with Crippen molar-refractivity contribution >= 4 is 10.0 Å². The van der Waals surface area contributed by atoms with E-state index in [1.165, 1.54) is 6.26 Å². The van der Waals surface area contributed by atoms with Gasteiger partial charge in [0.25, 0.3) is 0 Å². The van der Waals surface area contributed by atoms with Crippen LogP contribution in [0.2, 0.25) is 0 Å². The van der Waals surface area contributed by atoms with Crippen LogP contribution in [0.4, 0.5) is 0 Å². The van der Waals surface area contributed by atoms with Crippen molar-refractivity contribution in [3.8, 4) is 0 Å². The lowest BCUT2D eigenvalue weighted by Gasteiger charge is -2.39. The van der Waals surface area contributed by atoms with Crippen LogP contribution in [0.3, 0.4) is 0 Å². The van der Waals surface area contributed by atoms with Gasteiger partial charge in [0.15, 0.2) is 0 Å². The number of hydrogen-bond acceptors (Lipinski definition) is 5. The van der Waals surface area contributed by atoms with Crippen LogP contribution in [-0.2, 0) is 21.3 Å². The zero-order valence-corrected chi connectivity index (χ0v) is 15.6. The topological polar surface area (TPSA) is 63.0 Å². The summed E-state index contributed by atoms with van der Waals surface area (Å²) in [4.78, 5) is 2.40. The normalized spacial score (nSPS) is 25.5. The molecule has 0 unspecified atom stereocenters. The first-order valence-corrected chi connectivity index (χ1v) is 10.4. The van der Waals surface area contributed by atoms with Crippen molar-refractivity contribution in [2.24, 2.45) is 5.41 Å². The molecular weight excluding hydrogens is 328 g/mol. The second kappa shape index (κ2) is 6.78. The summed E-state index contributed by atoms with van der Waals surface area (Å²) in [7, 11) is -1.55. The third kappa shape index (κ3) is 3.85. The third-order valence-corrected chi connectivity index (χ3v) is 6.72. The molecule has 0 N–H and O–H groups in total. The standard InChI is InChI=1S/C17H28N2O4S/c1-14-4-5-16(23-14)11-18-8-6-17(7-9-18)10-15(12-22-2)19(13-17)24(3,20)21/h4-5,15H,6-13H2,1-3H3/t15-/m1/s1. The molecule has 136 valence electrons. The highest BCUT2D eigenvalue weighted by Gasteiger charge is 2.48. The molecule has 0 amide bonds. The summed E-state index contributed by atoms with van der Waals surface area (Å²) < 4.78 is 36.8. The fourth-order valence-corrected chi connectivity index (χ4v) is 5.37. The van der Waals surface area contributed by atoms with Gasteiger partial charge in [-0.3, -0.25) is 4.90 Å². The number of methoxy groups -OCH3 is 1. The monoisotopic (exact) mass is 356 g/mol. The van der Waals surface area contributed by atoms with E-state index in [4.69, 9.17) is 9.15 Å². The molecule has 2 fully saturated rings. The molecule has 6 nitrogen and oxygen atoms in total. The molecule has 2 aliphatic rings. The van der Waals surface area contributed by atoms with Gasteiger partial charge in [-0.15, -0.1) is 0 Å². The summed E-state index contributed by atoms with van der Waals surface area (Å²) in [6.45, 7) is 5.87. The molecular formula is C17H28N2O4S. The van der Waals surface area contributed by atoms with E-state index in [9.17, 15) is 8.42 Å². The minimum absolute atomic E-state index is 0.0238. The first-order valence-electron chi connectivity index (χ1n) is 8.55. The second-order valence-electron chi connectivity index (χ2n) is 7.41. The van der Waals surface area contributed by atoms with Gasteiger partial charge < -0.3 is 9.15 Å². The number of piperidine rings is 1. The van der Waals surface area contributed by atoms with Gasteiger partial charge in [0.2, 0.25) is 10.0 Å². The maximum atomic E-state index is 12.1. The van der Waals surface area contributed by atoms with Crippen molar-refractivity contribution in [3.63, 3.8) is 0 Å². The molecule has 0 bridgehead atoms. The summed E-state index contributed by atoms with van der Waals surface area (Å²) in [5.41, 5.74) is 0.0991. The molecule has 7 heteroatoms. The lowest BCUT2D eigenvalue weighted by atomic mass is 9.76. The lowest BCUT2D eigenvalue weighted by molar-refractivity contribution is 0.0999. The van der Waals surface area contributed by atoms with Crippen LogP contribution in [0.25, 0.3) is 0 Å². The molecule has 1 spiro atoms. The zero-order valence-electron chi connectivity index (χ0n) is 14.8. The fourth-order valence-electron chi connectivity index (χ4n) is 4.19. The molecule has 3 heterocycles. The zero-order chi connectivity index (χ0) is 17.4. The van der Waals surface area contributed by atoms with Gasteiger partial charge in [-0.1, -0.05) is 0 Å². The summed E-state index contributed by atoms with van der Waals surface area (Å²) in [5, 5.41) is 0. The number of aryl methyl sites for hydroxylation is 1. The molecule has 0 radical (unpaired) electrons. The van der Waals surface area contributed by atoms with Crippen LogP contribution in [0.15, 0.2) is 16.5 Å². The Labute approximate surface area is 144 Å². The SMILES string of the molecule is COC[C@H]1CC2(CCN(Cc3ccc(C)o3)CC2)CN1S(C)(=O)=O. The number of sulfonamides is 1. The van der Waals surface area contributed by atoms with Crippen molar-refractivity contribution < 1.29 is 17.6 Å². The van der Waals surface area contributed by atoms with E-state index in [1.54, 1.807) is 11.4 Å². The van der Waals surface area contributed by atoms with E-state index >= 15 is 0 Å². The molecule has 0 saturated carbocycles. The number of likely N-dealkylation sites (tertiary alicyclic amines) is 1. The van der Waals surface area contributed by atoms with E-state index in [2.05, 4.69) is 4.90 Å². The van der Waals surface area contributed by atoms with Gasteiger partial charge in [-0.25, -0.2) is 8.42 Å². The number of ether oxygens (including phenoxy) is 1. The van der Waals surface area contributed by atoms with Gasteiger partial charge >= 0.3 is 0 Å². The first kappa shape index (κ1) is 17.9. The Morgan fingerprint density at radius 2 is 2.04 bits per heavy atom. The molecule has 1 aromatic rings. The van der Waals surface area contributed by atoms with Crippen molar-refractivity contribution in [2.75, 3.05) is 39.6 Å². The fraction of sp³-hybridized carbons (Fsp3) is 0.765. The van der Waals surface area contributed by atoms with Gasteiger partial charge in [0.05, 0.1) is 19.4 Å². The highest BCUT2D eigenvalue weighted by atomic mass is 32.2. The van der Waals surface area contributed by atoms with Crippen LogP contribution in [-0.4, -0.2) is 63.3 Å². The molecule has 2 aliphatic heterocycles. The average molecular weight is 356 g/mol. The number of furan rings is 1. The third-order valence-electron chi connectivity index (χ3n) is 5.44. The molecule has 0 aromatic carbocycles.